The van der Waals surface area contributed by atoms with Crippen molar-refractivity contribution in [3.63, 3.8) is 0 Å². The number of hydrogen-bond donors (Lipinski definition) is 2. The minimum absolute atomic E-state index is 0.0862. The van der Waals surface area contributed by atoms with E-state index >= 15 is 0 Å². The molecule has 30 heavy (non-hydrogen) atoms. The van der Waals surface area contributed by atoms with Crippen molar-refractivity contribution in [3.8, 4) is 34.1 Å². The van der Waals surface area contributed by atoms with E-state index in [-0.39, 0.29) is 23.8 Å². The van der Waals surface area contributed by atoms with Crippen molar-refractivity contribution < 1.29 is 24.5 Å². The number of aromatic nitrogens is 1. The number of methoxy groups -OCH3 is 2. The number of benzene rings is 3. The topological polar surface area (TPSA) is 80.9 Å². The fourth-order valence-electron chi connectivity index (χ4n) is 3.60. The van der Waals surface area contributed by atoms with Crippen LogP contribution in [0.4, 0.5) is 0 Å². The first kappa shape index (κ1) is 19.4. The molecule has 0 radical (unpaired) electrons. The minimum Gasteiger partial charge on any atom is -0.508 e. The molecule has 0 spiro atoms. The Bertz CT molecular complexity index is 1210. The lowest BCUT2D eigenvalue weighted by Crippen LogP contribution is -2.10. The Morgan fingerprint density at radius 1 is 0.833 bits per heavy atom. The molecule has 0 aliphatic heterocycles. The Morgan fingerprint density at radius 3 is 2.00 bits per heavy atom. The number of ketones is 1. The second-order valence-corrected chi connectivity index (χ2v) is 6.88. The summed E-state index contributed by atoms with van der Waals surface area (Å²) in [4.78, 5) is 12.9. The molecule has 6 nitrogen and oxygen atoms in total. The van der Waals surface area contributed by atoms with Gasteiger partial charge in [-0.25, -0.2) is 0 Å². The van der Waals surface area contributed by atoms with Crippen molar-refractivity contribution in [3.05, 3.63) is 72.4 Å². The lowest BCUT2D eigenvalue weighted by atomic mass is 10.0. The van der Waals surface area contributed by atoms with Gasteiger partial charge in [-0.2, -0.15) is 0 Å². The smallest absolute Gasteiger partial charge is 0.182 e. The second kappa shape index (κ2) is 7.83. The van der Waals surface area contributed by atoms with Crippen LogP contribution in [0.2, 0.25) is 0 Å². The van der Waals surface area contributed by atoms with Crippen molar-refractivity contribution in [2.24, 2.45) is 0 Å². The maximum absolute atomic E-state index is 12.9. The van der Waals surface area contributed by atoms with Gasteiger partial charge in [0, 0.05) is 17.3 Å². The van der Waals surface area contributed by atoms with Crippen molar-refractivity contribution in [1.29, 1.82) is 0 Å². The second-order valence-electron chi connectivity index (χ2n) is 6.88. The number of phenols is 2. The van der Waals surface area contributed by atoms with Gasteiger partial charge in [0.05, 0.1) is 31.7 Å². The number of carbonyl (C=O) groups excluding carboxylic acids is 1. The van der Waals surface area contributed by atoms with Gasteiger partial charge in [0.2, 0.25) is 0 Å². The molecule has 0 bridgehead atoms. The Hall–Kier alpha value is -3.93. The molecule has 152 valence electrons. The van der Waals surface area contributed by atoms with Crippen molar-refractivity contribution in [2.45, 2.75) is 6.54 Å². The predicted molar refractivity (Wildman–Crippen MR) is 115 cm³/mol. The summed E-state index contributed by atoms with van der Waals surface area (Å²) in [5.74, 6) is 1.46. The van der Waals surface area contributed by atoms with Crippen molar-refractivity contribution in [2.75, 3.05) is 14.2 Å². The number of nitrogens with zero attached hydrogens (tertiary/aromatic N) is 1. The van der Waals surface area contributed by atoms with Gasteiger partial charge in [0.25, 0.3) is 0 Å². The van der Waals surface area contributed by atoms with Crippen molar-refractivity contribution in [1.82, 2.24) is 4.57 Å². The normalized spacial score (nSPS) is 10.9. The maximum atomic E-state index is 12.9. The average Bonchev–Trinajstić information content (AvgIpc) is 3.13. The van der Waals surface area contributed by atoms with Crippen LogP contribution >= 0.6 is 0 Å². The number of ether oxygens (including phenoxy) is 2. The van der Waals surface area contributed by atoms with Gasteiger partial charge >= 0.3 is 0 Å². The van der Waals surface area contributed by atoms with Gasteiger partial charge in [0.1, 0.15) is 23.0 Å². The summed E-state index contributed by atoms with van der Waals surface area (Å²) in [6.07, 6.45) is 1.89. The SMILES string of the molecule is COc1ccc(OC)c2c1c(-c1ccc(O)cc1)cn2CC(=O)c1ccc(O)cc1. The lowest BCUT2D eigenvalue weighted by molar-refractivity contribution is 0.0973. The zero-order valence-corrected chi connectivity index (χ0v) is 16.6. The van der Waals surface area contributed by atoms with Gasteiger partial charge in [-0.05, 0) is 54.1 Å². The fourth-order valence-corrected chi connectivity index (χ4v) is 3.60. The maximum Gasteiger partial charge on any atom is 0.182 e. The predicted octanol–water partition coefficient (Wildman–Crippen LogP) is 4.62. The van der Waals surface area contributed by atoms with E-state index < -0.39 is 0 Å². The Morgan fingerprint density at radius 2 is 1.40 bits per heavy atom. The molecule has 0 unspecified atom stereocenters. The van der Waals surface area contributed by atoms with Gasteiger partial charge in [-0.15, -0.1) is 0 Å². The molecule has 0 fully saturated rings. The minimum atomic E-state index is -0.103. The number of carbonyl (C=O) groups is 1. The quantitative estimate of drug-likeness (QED) is 0.459. The van der Waals surface area contributed by atoms with Crippen LogP contribution < -0.4 is 9.47 Å². The number of rotatable bonds is 6. The largest absolute Gasteiger partial charge is 0.508 e. The van der Waals surface area contributed by atoms with E-state index in [0.717, 1.165) is 22.0 Å². The molecule has 2 N–H and O–H groups in total. The highest BCUT2D eigenvalue weighted by Gasteiger charge is 2.20. The molecule has 0 amide bonds. The number of Topliss-reactive ketones (excluding diaryl/α,β-unsaturated/α-hetero) is 1. The molecule has 0 saturated carbocycles. The van der Waals surface area contributed by atoms with Crippen LogP contribution in [0.3, 0.4) is 0 Å². The first-order chi connectivity index (χ1) is 14.5. The molecule has 0 saturated heterocycles. The first-order valence-corrected chi connectivity index (χ1v) is 9.37. The highest BCUT2D eigenvalue weighted by atomic mass is 16.5. The Kier molecular flexibility index (Phi) is 5.06. The molecular weight excluding hydrogens is 382 g/mol. The van der Waals surface area contributed by atoms with Crippen molar-refractivity contribution >= 4 is 16.7 Å². The highest BCUT2D eigenvalue weighted by molar-refractivity contribution is 6.05. The zero-order chi connectivity index (χ0) is 21.3. The van der Waals surface area contributed by atoms with Crippen LogP contribution in [0.15, 0.2) is 66.9 Å². The zero-order valence-electron chi connectivity index (χ0n) is 16.6. The number of hydrogen-bond acceptors (Lipinski definition) is 5. The summed E-state index contributed by atoms with van der Waals surface area (Å²) in [7, 11) is 3.18. The van der Waals surface area contributed by atoms with E-state index in [1.165, 1.54) is 12.1 Å². The third kappa shape index (κ3) is 3.43. The molecule has 6 heteroatoms. The number of aromatic hydroxyl groups is 2. The molecule has 3 aromatic carbocycles. The number of phenolic OH excluding ortho intramolecular Hbond substituents is 2. The van der Waals surface area contributed by atoms with Crippen LogP contribution in [0.5, 0.6) is 23.0 Å². The summed E-state index contributed by atoms with van der Waals surface area (Å²) in [5, 5.41) is 20.0. The van der Waals surface area contributed by atoms with Crippen LogP contribution in [-0.2, 0) is 6.54 Å². The lowest BCUT2D eigenvalue weighted by Gasteiger charge is -2.11. The van der Waals surface area contributed by atoms with E-state index in [0.29, 0.717) is 17.1 Å². The van der Waals surface area contributed by atoms with Gasteiger partial charge < -0.3 is 24.3 Å². The molecule has 0 atom stereocenters. The monoisotopic (exact) mass is 403 g/mol. The molecule has 1 heterocycles. The third-order valence-electron chi connectivity index (χ3n) is 5.07. The van der Waals surface area contributed by atoms with E-state index in [4.69, 9.17) is 9.47 Å². The van der Waals surface area contributed by atoms with Gasteiger partial charge in [0.15, 0.2) is 5.78 Å². The molecule has 4 rings (SSSR count). The Balaban J connectivity index is 1.89. The van der Waals surface area contributed by atoms with E-state index in [1.54, 1.807) is 38.5 Å². The summed E-state index contributed by atoms with van der Waals surface area (Å²) in [5.41, 5.74) is 2.98. The molecule has 1 aromatic heterocycles. The first-order valence-electron chi connectivity index (χ1n) is 9.37. The average molecular weight is 403 g/mol. The van der Waals surface area contributed by atoms with Gasteiger partial charge in [-0.1, -0.05) is 12.1 Å². The molecular formula is C24H21NO5. The van der Waals surface area contributed by atoms with Crippen LogP contribution in [0.25, 0.3) is 22.0 Å². The molecule has 0 aliphatic carbocycles. The summed E-state index contributed by atoms with van der Waals surface area (Å²) < 4.78 is 13.0. The molecule has 0 aliphatic rings. The summed E-state index contributed by atoms with van der Waals surface area (Å²) in [6.45, 7) is 0.0862. The van der Waals surface area contributed by atoms with E-state index in [1.807, 2.05) is 35.0 Å². The van der Waals surface area contributed by atoms with E-state index in [2.05, 4.69) is 0 Å². The van der Waals surface area contributed by atoms with E-state index in [9.17, 15) is 15.0 Å². The number of fused-ring (bicyclic) bond motifs is 1. The van der Waals surface area contributed by atoms with Crippen LogP contribution in [0.1, 0.15) is 10.4 Å². The summed E-state index contributed by atoms with van der Waals surface area (Å²) in [6, 6.07) is 16.7. The third-order valence-corrected chi connectivity index (χ3v) is 5.07. The molecule has 4 aromatic rings. The van der Waals surface area contributed by atoms with Gasteiger partial charge in [-0.3, -0.25) is 4.79 Å². The highest BCUT2D eigenvalue weighted by Crippen LogP contribution is 2.41. The van der Waals surface area contributed by atoms with Crippen LogP contribution in [0, 0.1) is 0 Å². The van der Waals surface area contributed by atoms with Crippen LogP contribution in [-0.4, -0.2) is 34.8 Å². The standard InChI is InChI=1S/C24H21NO5/c1-29-21-11-12-22(30-2)24-23(21)19(15-3-7-17(26)8-4-15)13-25(24)14-20(28)16-5-9-18(27)10-6-16/h3-13,26-27H,14H2,1-2H3. The fraction of sp³-hybridized carbons (Fsp3) is 0.125. The summed E-state index contributed by atoms with van der Waals surface area (Å²) >= 11 is 0. The Labute approximate surface area is 173 Å².